The van der Waals surface area contributed by atoms with Gasteiger partial charge in [-0.15, -0.1) is 0 Å². The number of rotatable bonds is 2. The Morgan fingerprint density at radius 1 is 1.36 bits per heavy atom. The van der Waals surface area contributed by atoms with E-state index in [4.69, 9.17) is 22.4 Å². The van der Waals surface area contributed by atoms with Crippen molar-refractivity contribution in [3.63, 3.8) is 0 Å². The van der Waals surface area contributed by atoms with Crippen LogP contribution in [0.15, 0.2) is 30.5 Å². The second-order valence-corrected chi connectivity index (χ2v) is 4.63. The first-order chi connectivity index (χ1) is 9.97. The average Bonchev–Trinajstić information content (AvgIpc) is 2.89. The van der Waals surface area contributed by atoms with E-state index < -0.39 is 11.8 Å². The Bertz CT molecular complexity index is 884. The number of hydrogen-bond acceptors (Lipinski definition) is 4. The van der Waals surface area contributed by atoms with Crippen molar-refractivity contribution in [1.82, 2.24) is 14.4 Å². The average molecular weight is 315 g/mol. The van der Waals surface area contributed by atoms with Crippen molar-refractivity contribution >= 4 is 47.9 Å². The predicted molar refractivity (Wildman–Crippen MR) is 81.9 cm³/mol. The van der Waals surface area contributed by atoms with E-state index in [1.807, 2.05) is 0 Å². The van der Waals surface area contributed by atoms with E-state index in [1.165, 1.54) is 28.8 Å². The van der Waals surface area contributed by atoms with E-state index >= 15 is 0 Å². The van der Waals surface area contributed by atoms with E-state index in [2.05, 4.69) is 9.97 Å². The van der Waals surface area contributed by atoms with Gasteiger partial charge in [0.15, 0.2) is 17.2 Å². The molecule has 3 aromatic rings. The molecule has 0 aliphatic carbocycles. The number of aromatic nitrogens is 3. The third-order valence-corrected chi connectivity index (χ3v) is 3.25. The van der Waals surface area contributed by atoms with Crippen LogP contribution in [-0.2, 0) is 0 Å². The summed E-state index contributed by atoms with van der Waals surface area (Å²) in [5.74, 6) is -1.64. The van der Waals surface area contributed by atoms with Gasteiger partial charge >= 0.3 is 24.8 Å². The Kier molecular flexibility index (Phi) is 4.42. The molecule has 0 aliphatic heterocycles. The number of halogens is 2. The van der Waals surface area contributed by atoms with Crippen molar-refractivity contribution < 1.29 is 14.3 Å². The number of nitrogens with zero attached hydrogens (tertiary/aromatic N) is 3. The number of fused-ring (bicyclic) bond motifs is 1. The third kappa shape index (κ3) is 2.66. The van der Waals surface area contributed by atoms with Crippen molar-refractivity contribution in [3.05, 3.63) is 47.1 Å². The van der Waals surface area contributed by atoms with Crippen LogP contribution in [0, 0.1) is 5.82 Å². The normalized spacial score (nSPS) is 10.5. The zero-order valence-electron chi connectivity index (χ0n) is 10.4. The SMILES string of the molecule is Nc1nc(-c2cccc(F)c2)c(Cl)n2cc(C(=O)O)nc12.[LiH]. The van der Waals surface area contributed by atoms with E-state index in [-0.39, 0.29) is 46.9 Å². The molecule has 3 rings (SSSR count). The number of aromatic carboxylic acids is 1. The minimum absolute atomic E-state index is 0. The van der Waals surface area contributed by atoms with Crippen LogP contribution in [0.5, 0.6) is 0 Å². The molecule has 2 aromatic heterocycles. The molecule has 2 heterocycles. The molecule has 0 radical (unpaired) electrons. The fraction of sp³-hybridized carbons (Fsp3) is 0. The molecular weight excluding hydrogens is 306 g/mol. The first-order valence-corrected chi connectivity index (χ1v) is 6.18. The predicted octanol–water partition coefficient (Wildman–Crippen LogP) is 1.82. The molecule has 1 aromatic carbocycles. The number of benzene rings is 1. The molecule has 0 aliphatic rings. The standard InChI is InChI=1S/C13H8ClFN4O2.Li.H/c14-10-9(6-2-1-3-7(15)4-6)18-11(16)12-17-8(13(20)21)5-19(10)12;;/h1-5H,(H2,16,18)(H,20,21);;. The van der Waals surface area contributed by atoms with Crippen molar-refractivity contribution in [1.29, 1.82) is 0 Å². The Morgan fingerprint density at radius 3 is 2.73 bits per heavy atom. The maximum atomic E-state index is 13.3. The zero-order chi connectivity index (χ0) is 15.1. The molecule has 0 amide bonds. The second-order valence-electron chi connectivity index (χ2n) is 4.27. The van der Waals surface area contributed by atoms with E-state index in [0.717, 1.165) is 0 Å². The van der Waals surface area contributed by atoms with Crippen LogP contribution in [0.25, 0.3) is 16.9 Å². The Labute approximate surface area is 140 Å². The summed E-state index contributed by atoms with van der Waals surface area (Å²) in [7, 11) is 0. The van der Waals surface area contributed by atoms with Gasteiger partial charge in [-0.2, -0.15) is 0 Å². The third-order valence-electron chi connectivity index (χ3n) is 2.89. The number of carboxylic acids is 1. The van der Waals surface area contributed by atoms with Gasteiger partial charge in [-0.3, -0.25) is 4.40 Å². The molecule has 0 atom stereocenters. The summed E-state index contributed by atoms with van der Waals surface area (Å²) >= 11 is 6.21. The van der Waals surface area contributed by atoms with Crippen LogP contribution in [0.1, 0.15) is 10.5 Å². The summed E-state index contributed by atoms with van der Waals surface area (Å²) in [5, 5.41) is 9.06. The summed E-state index contributed by atoms with van der Waals surface area (Å²) in [4.78, 5) is 18.9. The number of imidazole rings is 1. The van der Waals surface area contributed by atoms with E-state index in [1.54, 1.807) is 6.07 Å². The molecule has 108 valence electrons. The van der Waals surface area contributed by atoms with Gasteiger partial charge in [0.1, 0.15) is 16.7 Å². The number of carbonyl (C=O) groups is 1. The van der Waals surface area contributed by atoms with Gasteiger partial charge in [-0.1, -0.05) is 23.7 Å². The fourth-order valence-corrected chi connectivity index (χ4v) is 2.24. The number of nitrogen functional groups attached to an aromatic ring is 1. The Hall–Kier alpha value is -2.07. The maximum absolute atomic E-state index is 13.3. The molecule has 0 spiro atoms. The van der Waals surface area contributed by atoms with Gasteiger partial charge in [-0.05, 0) is 12.1 Å². The Morgan fingerprint density at radius 2 is 2.09 bits per heavy atom. The summed E-state index contributed by atoms with van der Waals surface area (Å²) in [5.41, 5.74) is 6.38. The molecule has 0 bridgehead atoms. The molecule has 0 saturated carbocycles. The monoisotopic (exact) mass is 314 g/mol. The molecule has 6 nitrogen and oxygen atoms in total. The van der Waals surface area contributed by atoms with Crippen LogP contribution in [-0.4, -0.2) is 44.3 Å². The van der Waals surface area contributed by atoms with Crippen LogP contribution in [0.2, 0.25) is 5.15 Å². The molecule has 3 N–H and O–H groups in total. The van der Waals surface area contributed by atoms with Gasteiger partial charge in [0.25, 0.3) is 0 Å². The van der Waals surface area contributed by atoms with Gasteiger partial charge in [-0.25, -0.2) is 19.2 Å². The minimum atomic E-state index is -1.21. The molecular formula is C13H9ClFLiN4O2. The van der Waals surface area contributed by atoms with Gasteiger partial charge in [0.05, 0.1) is 0 Å². The summed E-state index contributed by atoms with van der Waals surface area (Å²) in [6.07, 6.45) is 1.24. The summed E-state index contributed by atoms with van der Waals surface area (Å²) < 4.78 is 14.6. The van der Waals surface area contributed by atoms with Crippen molar-refractivity contribution in [2.24, 2.45) is 0 Å². The van der Waals surface area contributed by atoms with Crippen molar-refractivity contribution in [2.75, 3.05) is 5.73 Å². The first-order valence-electron chi connectivity index (χ1n) is 5.80. The summed E-state index contributed by atoms with van der Waals surface area (Å²) in [6.45, 7) is 0. The van der Waals surface area contributed by atoms with E-state index in [9.17, 15) is 9.18 Å². The van der Waals surface area contributed by atoms with Crippen LogP contribution in [0.3, 0.4) is 0 Å². The quantitative estimate of drug-likeness (QED) is 0.704. The van der Waals surface area contributed by atoms with Crippen molar-refractivity contribution in [3.8, 4) is 11.3 Å². The molecule has 0 unspecified atom stereocenters. The van der Waals surface area contributed by atoms with Gasteiger partial charge in [0, 0.05) is 11.8 Å². The van der Waals surface area contributed by atoms with Crippen LogP contribution < -0.4 is 5.73 Å². The molecule has 22 heavy (non-hydrogen) atoms. The molecule has 0 saturated heterocycles. The van der Waals surface area contributed by atoms with Gasteiger partial charge in [0.2, 0.25) is 0 Å². The Balaban J connectivity index is 0.00000176. The number of nitrogens with two attached hydrogens (primary N) is 1. The number of anilines is 1. The molecule has 0 fully saturated rings. The van der Waals surface area contributed by atoms with Crippen LogP contribution in [0.4, 0.5) is 10.2 Å². The van der Waals surface area contributed by atoms with Crippen LogP contribution >= 0.6 is 11.6 Å². The van der Waals surface area contributed by atoms with Crippen molar-refractivity contribution in [2.45, 2.75) is 0 Å². The fourth-order valence-electron chi connectivity index (χ4n) is 1.96. The number of carboxylic acid groups (broad SMARTS) is 1. The molecule has 9 heteroatoms. The topological polar surface area (TPSA) is 93.5 Å². The van der Waals surface area contributed by atoms with E-state index in [0.29, 0.717) is 5.56 Å². The first kappa shape index (κ1) is 16.3. The number of hydrogen-bond donors (Lipinski definition) is 2. The van der Waals surface area contributed by atoms with Gasteiger partial charge < -0.3 is 10.8 Å². The summed E-state index contributed by atoms with van der Waals surface area (Å²) in [6, 6.07) is 5.69. The second kappa shape index (κ2) is 5.97. The zero-order valence-corrected chi connectivity index (χ0v) is 11.2.